The first-order valence-corrected chi connectivity index (χ1v) is 25.0. The molecule has 93 heavy (non-hydrogen) atoms. The second-order valence-corrected chi connectivity index (χ2v) is 17.4. The molecule has 33 nitrogen and oxygen atoms in total. The Morgan fingerprint density at radius 1 is 0.269 bits per heavy atom. The summed E-state index contributed by atoms with van der Waals surface area (Å²) in [5, 5.41) is 65.1. The summed E-state index contributed by atoms with van der Waals surface area (Å²) in [7, 11) is 0. The summed E-state index contributed by atoms with van der Waals surface area (Å²) in [4.78, 5) is 73.3. The fraction of sp³-hybridized carbons (Fsp3) is 0.0714. The predicted molar refractivity (Wildman–Crippen MR) is 331 cm³/mol. The Morgan fingerprint density at radius 3 is 0.473 bits per heavy atom. The Balaban J connectivity index is -0.0000000932. The molecule has 12 aromatic rings. The number of carboxylic acid groups (broad SMARTS) is 4. The molecular weight excluding hydrogens is 1360 g/mol. The van der Waals surface area contributed by atoms with E-state index in [1.54, 1.807) is 54.6 Å². The Hall–Kier alpha value is -8.90. The summed E-state index contributed by atoms with van der Waals surface area (Å²) in [6.45, 7) is 0. The maximum Gasteiger partial charge on any atom is 0.0964 e. The van der Waals surface area contributed by atoms with E-state index in [0.29, 0.717) is 0 Å². The molecule has 0 aliphatic carbocycles. The van der Waals surface area contributed by atoms with Gasteiger partial charge in [-0.3, -0.25) is 39.9 Å². The normalized spacial score (nSPS) is 8.45. The standard InChI is InChI=1S/4C12H8N2.2C4H6O4S.2Mn.H2O3.14H2O/c4*1-3-9-5-6-10-4-2-8-14-12(10)11(9)13-7-1;2*5-3(6)1-9-2-4(7)8;;;1-3-2;;;;;;;;;;;;;;/h4*1-8H;2*1-2H2,(H,5,6)(H,7,8);;;1-2H;14*1H2/p-8. The molecule has 0 aliphatic rings. The molecule has 0 atom stereocenters. The number of aromatic nitrogens is 8. The Kier molecular flexibility index (Phi) is 68.0. The first-order chi connectivity index (χ1) is 37.5. The molecule has 2 radical (unpaired) electrons. The number of carboxylic acids is 4. The molecule has 0 fully saturated rings. The quantitative estimate of drug-likeness (QED) is 0.0590. The third kappa shape index (κ3) is 33.8. The average molecular weight is 1430 g/mol. The first-order valence-electron chi connectivity index (χ1n) is 22.7. The zero-order valence-corrected chi connectivity index (χ0v) is 51.8. The van der Waals surface area contributed by atoms with Crippen LogP contribution in [0.25, 0.3) is 87.2 Å². The molecule has 26 N–H and O–H groups in total. The van der Waals surface area contributed by atoms with Crippen LogP contribution < -0.4 is 30.9 Å². The van der Waals surface area contributed by atoms with Crippen LogP contribution in [0.5, 0.6) is 0 Å². The Morgan fingerprint density at radius 2 is 0.376 bits per heavy atom. The minimum absolute atomic E-state index is 0. The molecule has 0 amide bonds. The number of aliphatic carboxylic acids is 4. The average Bonchev–Trinajstić information content (AvgIpc) is 0.858. The van der Waals surface area contributed by atoms with Gasteiger partial charge in [-0.1, -0.05) is 97.1 Å². The van der Waals surface area contributed by atoms with Crippen LogP contribution in [0, 0.1) is 0 Å². The van der Waals surface area contributed by atoms with Gasteiger partial charge in [0.1, 0.15) is 0 Å². The third-order valence-corrected chi connectivity index (χ3v) is 12.0. The van der Waals surface area contributed by atoms with Crippen molar-refractivity contribution in [2.24, 2.45) is 0 Å². The van der Waals surface area contributed by atoms with Crippen molar-refractivity contribution in [1.29, 1.82) is 0 Å². The zero-order valence-electron chi connectivity index (χ0n) is 47.8. The van der Waals surface area contributed by atoms with Crippen LogP contribution in [0.3, 0.4) is 0 Å². The molecule has 0 bridgehead atoms. The number of carbonyl (C=O) groups is 4. The van der Waals surface area contributed by atoms with Crippen molar-refractivity contribution in [2.45, 2.75) is 0 Å². The van der Waals surface area contributed by atoms with Crippen LogP contribution in [0.2, 0.25) is 0 Å². The van der Waals surface area contributed by atoms with Gasteiger partial charge in [-0.25, -0.2) is 0 Å². The van der Waals surface area contributed by atoms with Gasteiger partial charge in [0.2, 0.25) is 0 Å². The fourth-order valence-corrected chi connectivity index (χ4v) is 8.03. The van der Waals surface area contributed by atoms with Crippen molar-refractivity contribution in [3.63, 3.8) is 0 Å². The molecule has 8 heterocycles. The van der Waals surface area contributed by atoms with Gasteiger partial charge in [0, 0.05) is 150 Å². The van der Waals surface area contributed by atoms with E-state index in [2.05, 4.69) is 137 Å². The zero-order chi connectivity index (χ0) is 54.8. The molecule has 0 aliphatic heterocycles. The van der Waals surface area contributed by atoms with Crippen LogP contribution in [0.15, 0.2) is 195 Å². The molecule has 0 saturated heterocycles. The Labute approximate surface area is 555 Å². The van der Waals surface area contributed by atoms with E-state index in [9.17, 15) is 39.6 Å². The molecule has 0 spiro atoms. The van der Waals surface area contributed by atoms with Crippen molar-refractivity contribution >= 4 is 135 Å². The summed E-state index contributed by atoms with van der Waals surface area (Å²) in [5.41, 5.74) is 7.82. The summed E-state index contributed by atoms with van der Waals surface area (Å²) in [6.07, 6.45) is 14.4. The second-order valence-electron chi connectivity index (χ2n) is 15.4. The molecule has 4 aromatic carbocycles. The SMILES string of the molecule is O.O.O.O.O.O.O.O.O.O.O.O.O=C([O-])CSCC(=O)[O-].O=C([O-])CSCC(=O)[O-].[Mn].[Mn].[O-]O[O-].[OH-].[OH-].c1cnc2c(c1)ccc1cccnc12.c1cnc2c(c1)ccc1cccnc12.c1cnc2c(c1)ccc1cccnc12.c1cnc2c(c1)ccc1cccnc12. The van der Waals surface area contributed by atoms with Gasteiger partial charge in [0.15, 0.2) is 0 Å². The van der Waals surface area contributed by atoms with Crippen LogP contribution in [0.1, 0.15) is 0 Å². The molecular formula is C56H66Mn2N8O25S2-8. The number of hydrogen-bond acceptors (Lipinski definition) is 23. The van der Waals surface area contributed by atoms with E-state index in [-0.39, 0.29) is 134 Å². The van der Waals surface area contributed by atoms with E-state index in [1.165, 1.54) is 0 Å². The maximum atomic E-state index is 9.64. The van der Waals surface area contributed by atoms with Gasteiger partial charge < -0.3 is 132 Å². The number of benzene rings is 4. The van der Waals surface area contributed by atoms with Gasteiger partial charge >= 0.3 is 0 Å². The number of hydrogen-bond donors (Lipinski definition) is 0. The summed E-state index contributed by atoms with van der Waals surface area (Å²) in [6, 6.07) is 48.6. The van der Waals surface area contributed by atoms with Crippen molar-refractivity contribution in [3.8, 4) is 0 Å². The minimum Gasteiger partial charge on any atom is -0.870 e. The van der Waals surface area contributed by atoms with Gasteiger partial charge in [-0.15, -0.1) is 23.5 Å². The Bertz CT molecular complexity index is 3240. The molecule has 0 saturated carbocycles. The van der Waals surface area contributed by atoms with Crippen molar-refractivity contribution in [3.05, 3.63) is 195 Å². The first kappa shape index (κ1) is 109. The van der Waals surface area contributed by atoms with Gasteiger partial charge in [-0.2, -0.15) is 0 Å². The molecule has 514 valence electrons. The van der Waals surface area contributed by atoms with Crippen LogP contribution in [-0.4, -0.2) is 163 Å². The van der Waals surface area contributed by atoms with Gasteiger partial charge in [-0.05, 0) is 48.5 Å². The minimum atomic E-state index is -1.26. The number of rotatable bonds is 8. The van der Waals surface area contributed by atoms with E-state index in [1.807, 2.05) is 48.5 Å². The summed E-state index contributed by atoms with van der Waals surface area (Å²) < 4.78 is 0. The second kappa shape index (κ2) is 58.2. The van der Waals surface area contributed by atoms with Crippen LogP contribution >= 0.6 is 23.5 Å². The number of thioether (sulfide) groups is 2. The van der Waals surface area contributed by atoms with Crippen LogP contribution in [0.4, 0.5) is 0 Å². The smallest absolute Gasteiger partial charge is 0.0964 e. The molecule has 8 aromatic heterocycles. The maximum absolute atomic E-state index is 9.64. The number of pyridine rings is 8. The van der Waals surface area contributed by atoms with Crippen molar-refractivity contribution < 1.29 is 166 Å². The van der Waals surface area contributed by atoms with Crippen LogP contribution in [-0.2, 0) is 58.4 Å². The van der Waals surface area contributed by atoms with E-state index in [0.717, 1.165) is 111 Å². The third-order valence-electron chi connectivity index (χ3n) is 10.3. The van der Waals surface area contributed by atoms with Gasteiger partial charge in [0.25, 0.3) is 0 Å². The number of nitrogens with zero attached hydrogens (tertiary/aromatic N) is 8. The van der Waals surface area contributed by atoms with Crippen molar-refractivity contribution in [2.75, 3.05) is 23.0 Å². The fourth-order valence-electron chi connectivity index (χ4n) is 7.15. The largest absolute Gasteiger partial charge is 0.870 e. The molecule has 12 rings (SSSR count). The number of fused-ring (bicyclic) bond motifs is 12. The van der Waals surface area contributed by atoms with Gasteiger partial charge in [0.05, 0.1) is 68.0 Å². The monoisotopic (exact) mass is 1420 g/mol. The molecule has 37 heteroatoms. The summed E-state index contributed by atoms with van der Waals surface area (Å²) in [5.74, 6) is -6.24. The number of carbonyl (C=O) groups excluding carboxylic acids is 4. The predicted octanol–water partition coefficient (Wildman–Crippen LogP) is -7.13. The van der Waals surface area contributed by atoms with Crippen molar-refractivity contribution in [1.82, 2.24) is 39.9 Å². The van der Waals surface area contributed by atoms with E-state index in [4.69, 9.17) is 10.5 Å². The van der Waals surface area contributed by atoms with E-state index < -0.39 is 23.9 Å². The molecule has 0 unspecified atom stereocenters. The van der Waals surface area contributed by atoms with E-state index >= 15 is 0 Å². The topological polar surface area (TPSA) is 757 Å². The summed E-state index contributed by atoms with van der Waals surface area (Å²) >= 11 is 1.49.